The van der Waals surface area contributed by atoms with Crippen molar-refractivity contribution >= 4 is 22.6 Å². The Morgan fingerprint density at radius 3 is 2.93 bits per heavy atom. The van der Waals surface area contributed by atoms with Gasteiger partial charge >= 0.3 is 0 Å². The minimum Gasteiger partial charge on any atom is -0.272 e. The number of hydrogen-bond donors (Lipinski definition) is 0. The van der Waals surface area contributed by atoms with Gasteiger partial charge in [-0.05, 0) is 37.2 Å². The predicted octanol–water partition coefficient (Wildman–Crippen LogP) is 3.12. The fraction of sp³-hybridized carbons (Fsp3) is 0.727. The lowest BCUT2D eigenvalue weighted by atomic mass is 9.82. The van der Waals surface area contributed by atoms with Crippen molar-refractivity contribution in [1.29, 1.82) is 0 Å². The zero-order chi connectivity index (χ0) is 9.80. The third-order valence-electron chi connectivity index (χ3n) is 3.11. The van der Waals surface area contributed by atoms with Crippen LogP contribution < -0.4 is 0 Å². The van der Waals surface area contributed by atoms with Gasteiger partial charge in [0.05, 0.1) is 0 Å². The molecule has 2 rings (SSSR count). The number of alkyl halides is 1. The number of rotatable bonds is 3. The molecule has 1 heterocycles. The molecule has 0 aliphatic heterocycles. The van der Waals surface area contributed by atoms with E-state index in [0.717, 1.165) is 18.4 Å². The van der Waals surface area contributed by atoms with Gasteiger partial charge in [-0.3, -0.25) is 4.68 Å². The SMILES string of the molecule is IC[C@@H]1CCC[C@H](Cn2cccn2)C1. The Balaban J connectivity index is 1.86. The molecule has 1 fully saturated rings. The van der Waals surface area contributed by atoms with Crippen LogP contribution in [0.3, 0.4) is 0 Å². The molecule has 0 aromatic carbocycles. The molecule has 0 N–H and O–H groups in total. The molecule has 0 spiro atoms. The Hall–Kier alpha value is -0.0600. The summed E-state index contributed by atoms with van der Waals surface area (Å²) in [5.74, 6) is 1.83. The van der Waals surface area contributed by atoms with Crippen molar-refractivity contribution in [3.8, 4) is 0 Å². The summed E-state index contributed by atoms with van der Waals surface area (Å²) in [7, 11) is 0. The minimum absolute atomic E-state index is 0.864. The van der Waals surface area contributed by atoms with Gasteiger partial charge in [0.1, 0.15) is 0 Å². The van der Waals surface area contributed by atoms with E-state index in [9.17, 15) is 0 Å². The van der Waals surface area contributed by atoms with Crippen molar-refractivity contribution in [2.45, 2.75) is 32.2 Å². The molecule has 0 saturated heterocycles. The Bertz CT molecular complexity index is 258. The highest BCUT2D eigenvalue weighted by Gasteiger charge is 2.21. The Morgan fingerprint density at radius 2 is 2.21 bits per heavy atom. The average molecular weight is 304 g/mol. The van der Waals surface area contributed by atoms with E-state index in [1.54, 1.807) is 0 Å². The van der Waals surface area contributed by atoms with Crippen molar-refractivity contribution in [3.05, 3.63) is 18.5 Å². The molecular weight excluding hydrogens is 287 g/mol. The van der Waals surface area contributed by atoms with E-state index in [-0.39, 0.29) is 0 Å². The first-order valence-electron chi connectivity index (χ1n) is 5.42. The van der Waals surface area contributed by atoms with Crippen LogP contribution in [0, 0.1) is 11.8 Å². The van der Waals surface area contributed by atoms with Crippen LogP contribution in [0.1, 0.15) is 25.7 Å². The maximum Gasteiger partial charge on any atom is 0.0489 e. The fourth-order valence-corrected chi connectivity index (χ4v) is 3.18. The van der Waals surface area contributed by atoms with Crippen LogP contribution in [0.2, 0.25) is 0 Å². The van der Waals surface area contributed by atoms with Crippen molar-refractivity contribution < 1.29 is 0 Å². The highest BCUT2D eigenvalue weighted by atomic mass is 127. The van der Waals surface area contributed by atoms with Gasteiger partial charge < -0.3 is 0 Å². The van der Waals surface area contributed by atoms with Gasteiger partial charge in [0.25, 0.3) is 0 Å². The first kappa shape index (κ1) is 10.5. The lowest BCUT2D eigenvalue weighted by molar-refractivity contribution is 0.255. The summed E-state index contributed by atoms with van der Waals surface area (Å²) < 4.78 is 3.41. The van der Waals surface area contributed by atoms with Crippen LogP contribution in [0.5, 0.6) is 0 Å². The number of hydrogen-bond acceptors (Lipinski definition) is 1. The topological polar surface area (TPSA) is 17.8 Å². The molecule has 1 aromatic rings. The van der Waals surface area contributed by atoms with E-state index in [1.807, 2.05) is 12.3 Å². The van der Waals surface area contributed by atoms with Crippen LogP contribution in [0.4, 0.5) is 0 Å². The fourth-order valence-electron chi connectivity index (χ4n) is 2.38. The van der Waals surface area contributed by atoms with E-state index in [1.165, 1.54) is 30.1 Å². The van der Waals surface area contributed by atoms with Gasteiger partial charge in [0.2, 0.25) is 0 Å². The zero-order valence-corrected chi connectivity index (χ0v) is 10.6. The molecule has 0 unspecified atom stereocenters. The molecule has 0 bridgehead atoms. The largest absolute Gasteiger partial charge is 0.272 e. The molecule has 3 heteroatoms. The molecule has 1 aromatic heterocycles. The van der Waals surface area contributed by atoms with E-state index >= 15 is 0 Å². The highest BCUT2D eigenvalue weighted by molar-refractivity contribution is 14.1. The summed E-state index contributed by atoms with van der Waals surface area (Å²) in [4.78, 5) is 0. The van der Waals surface area contributed by atoms with Crippen molar-refractivity contribution in [2.75, 3.05) is 4.43 Å². The van der Waals surface area contributed by atoms with E-state index < -0.39 is 0 Å². The molecule has 0 radical (unpaired) electrons. The van der Waals surface area contributed by atoms with Crippen molar-refractivity contribution in [2.24, 2.45) is 11.8 Å². The van der Waals surface area contributed by atoms with Gasteiger partial charge in [0.15, 0.2) is 0 Å². The molecule has 14 heavy (non-hydrogen) atoms. The molecule has 2 atom stereocenters. The number of halogens is 1. The smallest absolute Gasteiger partial charge is 0.0489 e. The monoisotopic (exact) mass is 304 g/mol. The Morgan fingerprint density at radius 1 is 1.36 bits per heavy atom. The summed E-state index contributed by atoms with van der Waals surface area (Å²) in [6.07, 6.45) is 9.61. The third kappa shape index (κ3) is 2.72. The van der Waals surface area contributed by atoms with E-state index in [0.29, 0.717) is 0 Å². The van der Waals surface area contributed by atoms with Crippen molar-refractivity contribution in [3.63, 3.8) is 0 Å². The molecule has 1 saturated carbocycles. The molecule has 1 aliphatic carbocycles. The lowest BCUT2D eigenvalue weighted by Crippen LogP contribution is -2.20. The van der Waals surface area contributed by atoms with Gasteiger partial charge in [-0.1, -0.05) is 29.0 Å². The van der Waals surface area contributed by atoms with Crippen LogP contribution in [-0.2, 0) is 6.54 Å². The number of aromatic nitrogens is 2. The summed E-state index contributed by atoms with van der Waals surface area (Å²) >= 11 is 2.52. The second-order valence-electron chi connectivity index (χ2n) is 4.28. The van der Waals surface area contributed by atoms with Gasteiger partial charge in [0, 0.05) is 23.4 Å². The van der Waals surface area contributed by atoms with Gasteiger partial charge in [-0.2, -0.15) is 5.10 Å². The predicted molar refractivity (Wildman–Crippen MR) is 66.6 cm³/mol. The Kier molecular flexibility index (Phi) is 3.84. The minimum atomic E-state index is 0.864. The van der Waals surface area contributed by atoms with E-state index in [2.05, 4.69) is 38.6 Å². The second kappa shape index (κ2) is 5.14. The van der Waals surface area contributed by atoms with Crippen LogP contribution in [-0.4, -0.2) is 14.2 Å². The molecule has 0 amide bonds. The maximum absolute atomic E-state index is 4.28. The van der Waals surface area contributed by atoms with Gasteiger partial charge in [-0.15, -0.1) is 0 Å². The normalized spacial score (nSPS) is 27.8. The zero-order valence-electron chi connectivity index (χ0n) is 8.40. The first-order valence-corrected chi connectivity index (χ1v) is 6.94. The molecule has 78 valence electrons. The average Bonchev–Trinajstić information content (AvgIpc) is 2.71. The summed E-state index contributed by atoms with van der Waals surface area (Å²) in [6.45, 7) is 1.13. The van der Waals surface area contributed by atoms with Gasteiger partial charge in [-0.25, -0.2) is 0 Å². The van der Waals surface area contributed by atoms with Crippen LogP contribution in [0.15, 0.2) is 18.5 Å². The van der Waals surface area contributed by atoms with Crippen LogP contribution >= 0.6 is 22.6 Å². The lowest BCUT2D eigenvalue weighted by Gasteiger charge is -2.27. The van der Waals surface area contributed by atoms with E-state index in [4.69, 9.17) is 0 Å². The highest BCUT2D eigenvalue weighted by Crippen LogP contribution is 2.30. The quantitative estimate of drug-likeness (QED) is 0.620. The Labute approximate surface area is 99.2 Å². The third-order valence-corrected chi connectivity index (χ3v) is 4.36. The first-order chi connectivity index (χ1) is 6.88. The number of nitrogens with zero attached hydrogens (tertiary/aromatic N) is 2. The second-order valence-corrected chi connectivity index (χ2v) is 5.16. The summed E-state index contributed by atoms with van der Waals surface area (Å²) in [5.41, 5.74) is 0. The molecular formula is C11H17IN2. The summed E-state index contributed by atoms with van der Waals surface area (Å²) in [5, 5.41) is 4.28. The standard InChI is InChI=1S/C11H17IN2/c12-8-10-3-1-4-11(7-10)9-14-6-2-5-13-14/h2,5-6,10-11H,1,3-4,7-9H2/t10-,11+/m1/s1. The van der Waals surface area contributed by atoms with Crippen molar-refractivity contribution in [1.82, 2.24) is 9.78 Å². The molecule has 2 nitrogen and oxygen atoms in total. The van der Waals surface area contributed by atoms with Crippen LogP contribution in [0.25, 0.3) is 0 Å². The maximum atomic E-state index is 4.28. The molecule has 1 aliphatic rings. The summed E-state index contributed by atoms with van der Waals surface area (Å²) in [6, 6.07) is 2.01.